The number of anilines is 1. The Balaban J connectivity index is 1.09. The second-order valence-electron chi connectivity index (χ2n) is 10.3. The molecule has 5 nitrogen and oxygen atoms in total. The van der Waals surface area contributed by atoms with Crippen molar-refractivity contribution < 1.29 is 9.59 Å². The third-order valence-electron chi connectivity index (χ3n) is 8.11. The molecule has 162 valence electrons. The molecule has 1 saturated heterocycles. The number of carbonyl (C=O) groups is 2. The van der Waals surface area contributed by atoms with Crippen LogP contribution < -0.4 is 10.2 Å². The molecule has 5 aliphatic rings. The van der Waals surface area contributed by atoms with Crippen molar-refractivity contribution >= 4 is 17.5 Å². The monoisotopic (exact) mass is 409 g/mol. The predicted octanol–water partition coefficient (Wildman–Crippen LogP) is 3.45. The smallest absolute Gasteiger partial charge is 0.226 e. The number of benzene rings is 1. The lowest BCUT2D eigenvalue weighted by molar-refractivity contribution is -0.146. The molecule has 1 aliphatic heterocycles. The van der Waals surface area contributed by atoms with Gasteiger partial charge in [0.2, 0.25) is 11.8 Å². The SMILES string of the molecule is O=C(CCNC(=O)C12CC3CC(CC(C3)C1)C2)N1CCCN(c2ccccc2)CC1. The Morgan fingerprint density at radius 3 is 2.23 bits per heavy atom. The lowest BCUT2D eigenvalue weighted by atomic mass is 9.49. The Morgan fingerprint density at radius 1 is 0.900 bits per heavy atom. The van der Waals surface area contributed by atoms with E-state index in [1.165, 1.54) is 24.9 Å². The van der Waals surface area contributed by atoms with Crippen LogP contribution in [0.5, 0.6) is 0 Å². The molecular formula is C25H35N3O2. The first-order valence-electron chi connectivity index (χ1n) is 12.0. The molecule has 1 heterocycles. The van der Waals surface area contributed by atoms with Gasteiger partial charge in [-0.25, -0.2) is 0 Å². The first kappa shape index (κ1) is 19.9. The fraction of sp³-hybridized carbons (Fsp3) is 0.680. The van der Waals surface area contributed by atoms with Gasteiger partial charge in [-0.1, -0.05) is 18.2 Å². The third-order valence-corrected chi connectivity index (χ3v) is 8.11. The number of nitrogens with zero attached hydrogens (tertiary/aromatic N) is 2. The first-order valence-corrected chi connectivity index (χ1v) is 12.0. The molecule has 0 radical (unpaired) electrons. The molecule has 0 atom stereocenters. The first-order chi connectivity index (χ1) is 14.6. The van der Waals surface area contributed by atoms with Crippen molar-refractivity contribution in [3.8, 4) is 0 Å². The Bertz CT molecular complexity index is 743. The van der Waals surface area contributed by atoms with Gasteiger partial charge in [0.15, 0.2) is 0 Å². The van der Waals surface area contributed by atoms with E-state index in [2.05, 4.69) is 34.5 Å². The maximum absolute atomic E-state index is 13.1. The van der Waals surface area contributed by atoms with Crippen molar-refractivity contribution in [1.82, 2.24) is 10.2 Å². The number of para-hydroxylation sites is 1. The van der Waals surface area contributed by atoms with Gasteiger partial charge in [-0.3, -0.25) is 9.59 Å². The van der Waals surface area contributed by atoms with Crippen LogP contribution in [0.25, 0.3) is 0 Å². The molecule has 1 N–H and O–H groups in total. The molecule has 6 rings (SSSR count). The van der Waals surface area contributed by atoms with E-state index in [0.29, 0.717) is 13.0 Å². The van der Waals surface area contributed by atoms with E-state index in [9.17, 15) is 9.59 Å². The highest BCUT2D eigenvalue weighted by Crippen LogP contribution is 2.60. The van der Waals surface area contributed by atoms with E-state index in [-0.39, 0.29) is 17.2 Å². The van der Waals surface area contributed by atoms with Crippen molar-refractivity contribution in [2.75, 3.05) is 37.6 Å². The van der Waals surface area contributed by atoms with Crippen molar-refractivity contribution in [3.05, 3.63) is 30.3 Å². The number of rotatable bonds is 5. The average molecular weight is 410 g/mol. The van der Waals surface area contributed by atoms with E-state index in [4.69, 9.17) is 0 Å². The summed E-state index contributed by atoms with van der Waals surface area (Å²) in [5.41, 5.74) is 1.12. The molecule has 2 amide bonds. The molecule has 1 aromatic rings. The van der Waals surface area contributed by atoms with Crippen LogP contribution in [0.15, 0.2) is 30.3 Å². The molecule has 30 heavy (non-hydrogen) atoms. The van der Waals surface area contributed by atoms with E-state index < -0.39 is 0 Å². The van der Waals surface area contributed by atoms with Gasteiger partial charge in [-0.2, -0.15) is 0 Å². The van der Waals surface area contributed by atoms with Gasteiger partial charge in [0, 0.05) is 50.2 Å². The number of carbonyl (C=O) groups excluding carboxylic acids is 2. The van der Waals surface area contributed by atoms with E-state index in [1.807, 2.05) is 11.0 Å². The second-order valence-corrected chi connectivity index (χ2v) is 10.3. The van der Waals surface area contributed by atoms with Crippen molar-refractivity contribution in [3.63, 3.8) is 0 Å². The van der Waals surface area contributed by atoms with Crippen LogP contribution in [0.3, 0.4) is 0 Å². The standard InChI is InChI=1S/C25H35N3O2/c29-23(28-10-4-9-27(11-12-28)22-5-2-1-3-6-22)7-8-26-24(30)25-16-19-13-20(17-25)15-21(14-19)18-25/h1-3,5-6,19-21H,4,7-18H2,(H,26,30). The lowest BCUT2D eigenvalue weighted by Crippen LogP contribution is -2.53. The highest BCUT2D eigenvalue weighted by molar-refractivity contribution is 5.84. The largest absolute Gasteiger partial charge is 0.370 e. The molecule has 4 bridgehead atoms. The molecule has 0 unspecified atom stereocenters. The summed E-state index contributed by atoms with van der Waals surface area (Å²) in [6, 6.07) is 10.4. The van der Waals surface area contributed by atoms with Crippen LogP contribution in [0.4, 0.5) is 5.69 Å². The second kappa shape index (κ2) is 8.24. The van der Waals surface area contributed by atoms with Crippen molar-refractivity contribution in [2.45, 2.75) is 51.4 Å². The van der Waals surface area contributed by atoms with Crippen LogP contribution in [0.2, 0.25) is 0 Å². The van der Waals surface area contributed by atoms with Gasteiger partial charge in [0.1, 0.15) is 0 Å². The molecule has 4 aliphatic carbocycles. The number of nitrogens with one attached hydrogen (secondary N) is 1. The zero-order chi connectivity index (χ0) is 20.6. The van der Waals surface area contributed by atoms with Gasteiger partial charge in [-0.15, -0.1) is 0 Å². The maximum Gasteiger partial charge on any atom is 0.226 e. The summed E-state index contributed by atoms with van der Waals surface area (Å²) in [6.45, 7) is 3.91. The molecule has 5 heteroatoms. The Morgan fingerprint density at radius 2 is 1.57 bits per heavy atom. The van der Waals surface area contributed by atoms with Crippen LogP contribution in [-0.4, -0.2) is 49.4 Å². The molecule has 4 saturated carbocycles. The number of amides is 2. The van der Waals surface area contributed by atoms with Gasteiger partial charge < -0.3 is 15.1 Å². The van der Waals surface area contributed by atoms with Crippen LogP contribution in [0.1, 0.15) is 51.4 Å². The normalized spacial score (nSPS) is 32.7. The van der Waals surface area contributed by atoms with Gasteiger partial charge in [0.25, 0.3) is 0 Å². The Labute approximate surface area is 180 Å². The lowest BCUT2D eigenvalue weighted by Gasteiger charge is -2.55. The predicted molar refractivity (Wildman–Crippen MR) is 118 cm³/mol. The van der Waals surface area contributed by atoms with E-state index in [0.717, 1.165) is 69.6 Å². The zero-order valence-corrected chi connectivity index (χ0v) is 18.0. The minimum absolute atomic E-state index is 0.114. The molecule has 0 aromatic heterocycles. The van der Waals surface area contributed by atoms with Crippen molar-refractivity contribution in [1.29, 1.82) is 0 Å². The van der Waals surface area contributed by atoms with E-state index >= 15 is 0 Å². The minimum Gasteiger partial charge on any atom is -0.370 e. The van der Waals surface area contributed by atoms with E-state index in [1.54, 1.807) is 0 Å². The maximum atomic E-state index is 13.1. The zero-order valence-electron chi connectivity index (χ0n) is 18.0. The molecule has 1 aromatic carbocycles. The average Bonchev–Trinajstić information content (AvgIpc) is 3.00. The van der Waals surface area contributed by atoms with Crippen LogP contribution in [-0.2, 0) is 9.59 Å². The van der Waals surface area contributed by atoms with Gasteiger partial charge >= 0.3 is 0 Å². The van der Waals surface area contributed by atoms with Gasteiger partial charge in [-0.05, 0) is 74.8 Å². The fourth-order valence-electron chi connectivity index (χ4n) is 7.08. The van der Waals surface area contributed by atoms with Gasteiger partial charge in [0.05, 0.1) is 0 Å². The van der Waals surface area contributed by atoms with Crippen LogP contribution in [0, 0.1) is 23.2 Å². The highest BCUT2D eigenvalue weighted by Gasteiger charge is 2.54. The summed E-state index contributed by atoms with van der Waals surface area (Å²) < 4.78 is 0. The molecular weight excluding hydrogens is 374 g/mol. The summed E-state index contributed by atoms with van der Waals surface area (Å²) in [6.07, 6.45) is 8.70. The molecule has 0 spiro atoms. The fourth-order valence-corrected chi connectivity index (χ4v) is 7.08. The summed E-state index contributed by atoms with van der Waals surface area (Å²) >= 11 is 0. The minimum atomic E-state index is -0.114. The number of hydrogen-bond donors (Lipinski definition) is 1. The quantitative estimate of drug-likeness (QED) is 0.810. The summed E-state index contributed by atoms with van der Waals surface area (Å²) in [4.78, 5) is 30.2. The summed E-state index contributed by atoms with van der Waals surface area (Å²) in [7, 11) is 0. The Hall–Kier alpha value is -2.04. The van der Waals surface area contributed by atoms with Crippen molar-refractivity contribution in [2.24, 2.45) is 23.2 Å². The Kier molecular flexibility index (Phi) is 5.46. The summed E-state index contributed by atoms with van der Waals surface area (Å²) in [5, 5.41) is 3.16. The summed E-state index contributed by atoms with van der Waals surface area (Å²) in [5.74, 6) is 2.73. The molecule has 5 fully saturated rings. The number of hydrogen-bond acceptors (Lipinski definition) is 3. The highest BCUT2D eigenvalue weighted by atomic mass is 16.2. The topological polar surface area (TPSA) is 52.7 Å². The van der Waals surface area contributed by atoms with Crippen LogP contribution >= 0.6 is 0 Å². The third kappa shape index (κ3) is 3.95.